The molecule has 0 bridgehead atoms. The Morgan fingerprint density at radius 3 is 3.06 bits per heavy atom. The molecule has 1 saturated heterocycles. The molecular formula is C12H15N4. The molecule has 3 rings (SSSR count). The summed E-state index contributed by atoms with van der Waals surface area (Å²) in [6, 6.07) is 9.06. The molecule has 0 unspecified atom stereocenters. The van der Waals surface area contributed by atoms with E-state index < -0.39 is 0 Å². The van der Waals surface area contributed by atoms with Gasteiger partial charge < -0.3 is 10.3 Å². The van der Waals surface area contributed by atoms with Crippen LogP contribution in [0.25, 0.3) is 11.0 Å². The molecule has 1 aromatic carbocycles. The van der Waals surface area contributed by atoms with Gasteiger partial charge in [-0.15, -0.1) is 0 Å². The Morgan fingerprint density at radius 2 is 2.25 bits per heavy atom. The van der Waals surface area contributed by atoms with Crippen LogP contribution in [-0.2, 0) is 6.54 Å². The molecular weight excluding hydrogens is 200 g/mol. The van der Waals surface area contributed by atoms with Crippen LogP contribution in [0.2, 0.25) is 0 Å². The number of hydrogen-bond donors (Lipinski definition) is 2. The third kappa shape index (κ3) is 1.94. The number of hydrogen-bond acceptors (Lipinski definition) is 3. The zero-order chi connectivity index (χ0) is 10.8. The molecule has 0 amide bonds. The number of nitrogens with zero attached hydrogens (tertiary/aromatic N) is 2. The Morgan fingerprint density at radius 1 is 1.38 bits per heavy atom. The van der Waals surface area contributed by atoms with Crippen molar-refractivity contribution in [3.63, 3.8) is 0 Å². The van der Waals surface area contributed by atoms with Crippen LogP contribution in [0.15, 0.2) is 18.2 Å². The van der Waals surface area contributed by atoms with Crippen molar-refractivity contribution in [2.24, 2.45) is 0 Å². The van der Waals surface area contributed by atoms with Gasteiger partial charge in [0, 0.05) is 32.2 Å². The van der Waals surface area contributed by atoms with E-state index in [0.29, 0.717) is 0 Å². The van der Waals surface area contributed by atoms with Gasteiger partial charge in [0.1, 0.15) is 5.82 Å². The molecule has 4 nitrogen and oxygen atoms in total. The summed E-state index contributed by atoms with van der Waals surface area (Å²) < 4.78 is 0. The van der Waals surface area contributed by atoms with Crippen LogP contribution in [0.1, 0.15) is 5.82 Å². The lowest BCUT2D eigenvalue weighted by atomic mass is 10.3. The molecule has 0 atom stereocenters. The number of piperazine rings is 1. The van der Waals surface area contributed by atoms with Gasteiger partial charge in [0.15, 0.2) is 0 Å². The third-order valence-corrected chi connectivity index (χ3v) is 2.94. The lowest BCUT2D eigenvalue weighted by Gasteiger charge is -2.26. The first kappa shape index (κ1) is 9.81. The Labute approximate surface area is 94.7 Å². The summed E-state index contributed by atoms with van der Waals surface area (Å²) in [6.07, 6.45) is 0. The van der Waals surface area contributed by atoms with Gasteiger partial charge in [-0.1, -0.05) is 12.1 Å². The molecule has 4 heteroatoms. The van der Waals surface area contributed by atoms with Crippen LogP contribution < -0.4 is 5.32 Å². The summed E-state index contributed by atoms with van der Waals surface area (Å²) in [4.78, 5) is 10.3. The number of imidazole rings is 1. The number of benzene rings is 1. The summed E-state index contributed by atoms with van der Waals surface area (Å²) in [7, 11) is 0. The number of para-hydroxylation sites is 1. The molecule has 0 aliphatic carbocycles. The van der Waals surface area contributed by atoms with E-state index in [4.69, 9.17) is 0 Å². The minimum absolute atomic E-state index is 0.907. The number of rotatable bonds is 2. The van der Waals surface area contributed by atoms with E-state index in [9.17, 15) is 0 Å². The monoisotopic (exact) mass is 215 g/mol. The number of nitrogens with one attached hydrogen (secondary N) is 2. The Bertz CT molecular complexity index is 438. The summed E-state index contributed by atoms with van der Waals surface area (Å²) in [5.41, 5.74) is 2.01. The van der Waals surface area contributed by atoms with E-state index in [1.165, 1.54) is 0 Å². The quantitative estimate of drug-likeness (QED) is 0.777. The molecule has 1 aliphatic heterocycles. The zero-order valence-electron chi connectivity index (χ0n) is 9.16. The fraction of sp³-hybridized carbons (Fsp3) is 0.417. The second kappa shape index (κ2) is 4.23. The maximum Gasteiger partial charge on any atom is 0.121 e. The van der Waals surface area contributed by atoms with E-state index in [1.54, 1.807) is 0 Å². The van der Waals surface area contributed by atoms with Crippen molar-refractivity contribution in [3.8, 4) is 0 Å². The van der Waals surface area contributed by atoms with Gasteiger partial charge in [-0.25, -0.2) is 4.98 Å². The van der Waals surface area contributed by atoms with Crippen molar-refractivity contribution in [1.82, 2.24) is 20.2 Å². The minimum atomic E-state index is 0.907. The smallest absolute Gasteiger partial charge is 0.121 e. The van der Waals surface area contributed by atoms with E-state index >= 15 is 0 Å². The number of fused-ring (bicyclic) bond motifs is 1. The van der Waals surface area contributed by atoms with Crippen molar-refractivity contribution in [2.75, 3.05) is 26.2 Å². The molecule has 2 N–H and O–H groups in total. The topological polar surface area (TPSA) is 44.0 Å². The zero-order valence-corrected chi connectivity index (χ0v) is 9.16. The third-order valence-electron chi connectivity index (χ3n) is 2.94. The van der Waals surface area contributed by atoms with Gasteiger partial charge in [-0.3, -0.25) is 4.90 Å². The fourth-order valence-corrected chi connectivity index (χ4v) is 2.10. The van der Waals surface area contributed by atoms with Crippen LogP contribution >= 0.6 is 0 Å². The largest absolute Gasteiger partial charge is 0.341 e. The molecule has 1 fully saturated rings. The molecule has 1 radical (unpaired) electrons. The van der Waals surface area contributed by atoms with E-state index in [1.807, 2.05) is 18.2 Å². The first-order chi connectivity index (χ1) is 7.92. The van der Waals surface area contributed by atoms with Gasteiger partial charge in [0.05, 0.1) is 17.6 Å². The highest BCUT2D eigenvalue weighted by atomic mass is 15.2. The normalized spacial score (nSPS) is 18.0. The van der Waals surface area contributed by atoms with Crippen molar-refractivity contribution in [3.05, 3.63) is 30.1 Å². The maximum atomic E-state index is 4.53. The van der Waals surface area contributed by atoms with Gasteiger partial charge >= 0.3 is 0 Å². The molecule has 2 aromatic rings. The van der Waals surface area contributed by atoms with Crippen molar-refractivity contribution in [1.29, 1.82) is 0 Å². The summed E-state index contributed by atoms with van der Waals surface area (Å²) in [5, 5.41) is 3.35. The van der Waals surface area contributed by atoms with E-state index in [-0.39, 0.29) is 0 Å². The molecule has 0 spiro atoms. The second-order valence-electron chi connectivity index (χ2n) is 4.14. The Hall–Kier alpha value is -1.39. The van der Waals surface area contributed by atoms with Crippen molar-refractivity contribution >= 4 is 11.0 Å². The average Bonchev–Trinajstić information content (AvgIpc) is 2.72. The molecule has 16 heavy (non-hydrogen) atoms. The van der Waals surface area contributed by atoms with Crippen molar-refractivity contribution in [2.45, 2.75) is 6.54 Å². The molecule has 2 heterocycles. The van der Waals surface area contributed by atoms with Gasteiger partial charge in [0.25, 0.3) is 0 Å². The Kier molecular flexibility index (Phi) is 2.60. The van der Waals surface area contributed by atoms with Crippen molar-refractivity contribution < 1.29 is 0 Å². The molecule has 1 aliphatic rings. The number of aromatic amines is 1. The number of aromatic nitrogens is 2. The van der Waals surface area contributed by atoms with Crippen LogP contribution in [0.3, 0.4) is 0 Å². The standard InChI is InChI=1S/C12H15N4/c1-2-4-11-10(3-1)14-12(15-11)9-16-7-5-13-6-8-16/h1-3,13H,5-9H2,(H,14,15). The first-order valence-electron chi connectivity index (χ1n) is 5.70. The fourth-order valence-electron chi connectivity index (χ4n) is 2.10. The summed E-state index contributed by atoms with van der Waals surface area (Å²) in [5.74, 6) is 1.04. The van der Waals surface area contributed by atoms with Gasteiger partial charge in [0.2, 0.25) is 0 Å². The minimum Gasteiger partial charge on any atom is -0.341 e. The first-order valence-corrected chi connectivity index (χ1v) is 5.70. The van der Waals surface area contributed by atoms with E-state index in [2.05, 4.69) is 26.3 Å². The van der Waals surface area contributed by atoms with E-state index in [0.717, 1.165) is 49.6 Å². The van der Waals surface area contributed by atoms with Crippen LogP contribution in [0.4, 0.5) is 0 Å². The maximum absolute atomic E-state index is 4.53. The summed E-state index contributed by atoms with van der Waals surface area (Å²) in [6.45, 7) is 5.25. The summed E-state index contributed by atoms with van der Waals surface area (Å²) >= 11 is 0. The second-order valence-corrected chi connectivity index (χ2v) is 4.14. The van der Waals surface area contributed by atoms with Gasteiger partial charge in [-0.2, -0.15) is 0 Å². The van der Waals surface area contributed by atoms with Gasteiger partial charge in [-0.05, 0) is 6.07 Å². The molecule has 0 saturated carbocycles. The Balaban J connectivity index is 1.78. The lowest BCUT2D eigenvalue weighted by Crippen LogP contribution is -2.43. The average molecular weight is 215 g/mol. The van der Waals surface area contributed by atoms with Crippen LogP contribution in [0.5, 0.6) is 0 Å². The number of H-pyrrole nitrogens is 1. The highest BCUT2D eigenvalue weighted by molar-refractivity contribution is 5.73. The van der Waals surface area contributed by atoms with Crippen LogP contribution in [-0.4, -0.2) is 41.0 Å². The predicted molar refractivity (Wildman–Crippen MR) is 63.1 cm³/mol. The lowest BCUT2D eigenvalue weighted by molar-refractivity contribution is 0.229. The van der Waals surface area contributed by atoms with Crippen LogP contribution in [0, 0.1) is 6.07 Å². The molecule has 1 aromatic heterocycles. The SMILES string of the molecule is [c]1cccc2[nH]c(CN3CCNCC3)nc12. The molecule has 83 valence electrons. The predicted octanol–water partition coefficient (Wildman–Crippen LogP) is 0.768. The highest BCUT2D eigenvalue weighted by Gasteiger charge is 2.11. The highest BCUT2D eigenvalue weighted by Crippen LogP contribution is 2.11.